The smallest absolute Gasteiger partial charge is 0.416 e. The van der Waals surface area contributed by atoms with E-state index in [0.717, 1.165) is 42.3 Å². The number of hydrogen-bond acceptors (Lipinski definition) is 6. The Kier molecular flexibility index (Phi) is 10.0. The number of alkyl halides is 3. The summed E-state index contributed by atoms with van der Waals surface area (Å²) >= 11 is 0. The fourth-order valence-electron chi connectivity index (χ4n) is 8.54. The van der Waals surface area contributed by atoms with Gasteiger partial charge in [-0.3, -0.25) is 14.5 Å². The number of carboxylic acids is 1. The van der Waals surface area contributed by atoms with Crippen LogP contribution in [-0.2, 0) is 20.5 Å². The number of halogens is 3. The molecular weight excluding hydrogens is 611 g/mol. The maximum Gasteiger partial charge on any atom is 0.416 e. The molecule has 0 radical (unpaired) electrons. The molecule has 8 nitrogen and oxygen atoms in total. The molecule has 1 aliphatic carbocycles. The summed E-state index contributed by atoms with van der Waals surface area (Å²) in [6, 6.07) is 12.4. The van der Waals surface area contributed by atoms with Crippen LogP contribution in [0, 0.1) is 17.8 Å². The lowest BCUT2D eigenvalue weighted by Crippen LogP contribution is -2.39. The van der Waals surface area contributed by atoms with Crippen molar-refractivity contribution < 1.29 is 37.3 Å². The van der Waals surface area contributed by atoms with Crippen molar-refractivity contribution >= 4 is 17.6 Å². The van der Waals surface area contributed by atoms with Crippen molar-refractivity contribution in [3.8, 4) is 5.75 Å². The number of carboxylic acid groups (broad SMARTS) is 1. The lowest BCUT2D eigenvalue weighted by atomic mass is 9.86. The highest BCUT2D eigenvalue weighted by atomic mass is 19.4. The minimum absolute atomic E-state index is 0.0334. The Hall–Kier alpha value is -3.31. The first-order valence-electron chi connectivity index (χ1n) is 16.9. The maximum atomic E-state index is 14.5. The van der Waals surface area contributed by atoms with Gasteiger partial charge in [0.25, 0.3) is 0 Å². The highest BCUT2D eigenvalue weighted by Crippen LogP contribution is 2.44. The normalized spacial score (nSPS) is 26.3. The van der Waals surface area contributed by atoms with E-state index in [-0.39, 0.29) is 29.6 Å². The van der Waals surface area contributed by atoms with E-state index in [4.69, 9.17) is 9.47 Å². The van der Waals surface area contributed by atoms with Crippen LogP contribution < -0.4 is 9.64 Å². The molecule has 3 saturated heterocycles. The van der Waals surface area contributed by atoms with Gasteiger partial charge in [0, 0.05) is 75.9 Å². The van der Waals surface area contributed by atoms with Gasteiger partial charge in [0.05, 0.1) is 31.1 Å². The molecule has 256 valence electrons. The van der Waals surface area contributed by atoms with Crippen molar-refractivity contribution in [3.05, 3.63) is 59.2 Å². The lowest BCUT2D eigenvalue weighted by Gasteiger charge is -2.35. The third-order valence-electron chi connectivity index (χ3n) is 11.1. The van der Waals surface area contributed by atoms with Gasteiger partial charge in [0.15, 0.2) is 0 Å². The second-order valence-corrected chi connectivity index (χ2v) is 13.8. The molecule has 2 aromatic carbocycles. The van der Waals surface area contributed by atoms with Crippen LogP contribution in [0.1, 0.15) is 67.1 Å². The molecule has 3 heterocycles. The van der Waals surface area contributed by atoms with E-state index < -0.39 is 23.6 Å². The van der Waals surface area contributed by atoms with Crippen LogP contribution >= 0.6 is 0 Å². The summed E-state index contributed by atoms with van der Waals surface area (Å²) in [5.41, 5.74) is 1.62. The Labute approximate surface area is 274 Å². The van der Waals surface area contributed by atoms with Gasteiger partial charge < -0.3 is 24.4 Å². The Bertz CT molecular complexity index is 1410. The number of methoxy groups -OCH3 is 2. The first kappa shape index (κ1) is 33.6. The molecule has 4 fully saturated rings. The number of aliphatic carboxylic acids is 1. The second kappa shape index (κ2) is 14.0. The van der Waals surface area contributed by atoms with Gasteiger partial charge in [0.2, 0.25) is 5.91 Å². The number of anilines is 1. The topological polar surface area (TPSA) is 82.6 Å². The Morgan fingerprint density at radius 1 is 0.894 bits per heavy atom. The number of carbonyl (C=O) groups is 2. The van der Waals surface area contributed by atoms with E-state index in [2.05, 4.69) is 17.0 Å². The number of ether oxygens (including phenoxy) is 2. The van der Waals surface area contributed by atoms with Gasteiger partial charge in [0.1, 0.15) is 5.75 Å². The Morgan fingerprint density at radius 3 is 2.21 bits per heavy atom. The van der Waals surface area contributed by atoms with Crippen LogP contribution in [0.25, 0.3) is 0 Å². The van der Waals surface area contributed by atoms with Gasteiger partial charge in [-0.25, -0.2) is 0 Å². The van der Waals surface area contributed by atoms with Crippen LogP contribution in [-0.4, -0.2) is 92.9 Å². The third kappa shape index (κ3) is 7.11. The molecule has 0 spiro atoms. The van der Waals surface area contributed by atoms with Crippen LogP contribution in [0.4, 0.5) is 18.9 Å². The van der Waals surface area contributed by atoms with Crippen molar-refractivity contribution in [1.82, 2.24) is 9.80 Å². The number of rotatable bonds is 9. The fourth-order valence-corrected chi connectivity index (χ4v) is 8.54. The van der Waals surface area contributed by atoms with Gasteiger partial charge in [-0.1, -0.05) is 31.0 Å². The first-order chi connectivity index (χ1) is 22.6. The molecule has 1 saturated carbocycles. The van der Waals surface area contributed by atoms with Crippen molar-refractivity contribution in [3.63, 3.8) is 0 Å². The number of amides is 1. The molecule has 3 aliphatic heterocycles. The first-order valence-corrected chi connectivity index (χ1v) is 16.9. The number of carbonyl (C=O) groups excluding carboxylic acids is 1. The predicted molar refractivity (Wildman–Crippen MR) is 172 cm³/mol. The number of benzene rings is 2. The summed E-state index contributed by atoms with van der Waals surface area (Å²) in [4.78, 5) is 32.4. The van der Waals surface area contributed by atoms with E-state index in [0.29, 0.717) is 63.9 Å². The minimum atomic E-state index is -4.51. The molecule has 1 amide bonds. The zero-order valence-electron chi connectivity index (χ0n) is 27.3. The maximum absolute atomic E-state index is 14.5. The van der Waals surface area contributed by atoms with Crippen LogP contribution in [0.15, 0.2) is 42.5 Å². The van der Waals surface area contributed by atoms with Crippen LogP contribution in [0.3, 0.4) is 0 Å². The zero-order valence-corrected chi connectivity index (χ0v) is 27.3. The molecule has 0 aromatic heterocycles. The molecule has 4 aliphatic rings. The predicted octanol–water partition coefficient (Wildman–Crippen LogP) is 5.86. The van der Waals surface area contributed by atoms with E-state index in [1.54, 1.807) is 20.3 Å². The largest absolute Gasteiger partial charge is 0.497 e. The minimum Gasteiger partial charge on any atom is -0.497 e. The highest BCUT2D eigenvalue weighted by molar-refractivity contribution is 5.81. The van der Waals surface area contributed by atoms with E-state index in [9.17, 15) is 27.9 Å². The molecule has 11 heteroatoms. The highest BCUT2D eigenvalue weighted by Gasteiger charge is 2.46. The van der Waals surface area contributed by atoms with Gasteiger partial charge in [-0.05, 0) is 61.1 Å². The quantitative estimate of drug-likeness (QED) is 0.362. The molecule has 0 bridgehead atoms. The summed E-state index contributed by atoms with van der Waals surface area (Å²) in [6.45, 7) is 3.47. The molecule has 6 rings (SSSR count). The van der Waals surface area contributed by atoms with Crippen molar-refractivity contribution in [1.29, 1.82) is 0 Å². The Morgan fingerprint density at radius 2 is 1.60 bits per heavy atom. The Balaban J connectivity index is 1.28. The molecule has 47 heavy (non-hydrogen) atoms. The van der Waals surface area contributed by atoms with Crippen LogP contribution in [0.5, 0.6) is 5.75 Å². The second-order valence-electron chi connectivity index (χ2n) is 13.8. The summed E-state index contributed by atoms with van der Waals surface area (Å²) in [7, 11) is 3.25. The number of hydrogen-bond donors (Lipinski definition) is 1. The SMILES string of the molecule is COC[C@H]1CN(C(=O)[C@@H]2CN(C3CCCC3)C[C@H]2c2ccc(OC)cc2)C[C@@H]1c1ccc(C(F)(F)F)cc1N1CCC(C(=O)O)CC1. The van der Waals surface area contributed by atoms with Crippen molar-refractivity contribution in [2.24, 2.45) is 17.8 Å². The zero-order chi connectivity index (χ0) is 33.3. The number of likely N-dealkylation sites (tertiary alicyclic amines) is 2. The van der Waals surface area contributed by atoms with E-state index in [1.807, 2.05) is 21.9 Å². The average molecular weight is 658 g/mol. The monoisotopic (exact) mass is 657 g/mol. The average Bonchev–Trinajstić information content (AvgIpc) is 3.85. The standard InChI is InChI=1S/C36H46F3N3O5/c1-46-22-25-18-42(34(43)32-21-41(27-5-3-4-6-27)19-30(32)23-7-10-28(47-2)11-8-23)20-31(25)29-12-9-26(36(37,38)39)17-33(29)40-15-13-24(14-16-40)35(44)45/h7-12,17,24-25,27,30-32H,3-6,13-16,18-22H2,1-2H3,(H,44,45)/t25-,30+,31+,32-/m1/s1. The van der Waals surface area contributed by atoms with Gasteiger partial charge in [-0.15, -0.1) is 0 Å². The molecular formula is C36H46F3N3O5. The molecule has 4 atom stereocenters. The van der Waals surface area contributed by atoms with E-state index >= 15 is 0 Å². The summed E-state index contributed by atoms with van der Waals surface area (Å²) in [5, 5.41) is 9.50. The number of nitrogens with zero attached hydrogens (tertiary/aromatic N) is 3. The number of piperidine rings is 1. The third-order valence-corrected chi connectivity index (χ3v) is 11.1. The lowest BCUT2D eigenvalue weighted by molar-refractivity contribution is -0.142. The van der Waals surface area contributed by atoms with E-state index in [1.165, 1.54) is 18.9 Å². The van der Waals surface area contributed by atoms with Crippen molar-refractivity contribution in [2.75, 3.05) is 65.0 Å². The van der Waals surface area contributed by atoms with Crippen LogP contribution in [0.2, 0.25) is 0 Å². The van der Waals surface area contributed by atoms with Gasteiger partial charge >= 0.3 is 12.1 Å². The summed E-state index contributed by atoms with van der Waals surface area (Å²) < 4.78 is 52.8. The molecule has 1 N–H and O–H groups in total. The molecule has 2 aromatic rings. The summed E-state index contributed by atoms with van der Waals surface area (Å²) in [5.74, 6) is -1.03. The fraction of sp³-hybridized carbons (Fsp3) is 0.611. The van der Waals surface area contributed by atoms with Crippen molar-refractivity contribution in [2.45, 2.75) is 62.6 Å². The van der Waals surface area contributed by atoms with Gasteiger partial charge in [-0.2, -0.15) is 13.2 Å². The summed E-state index contributed by atoms with van der Waals surface area (Å²) in [6.07, 6.45) is 0.949. The molecule has 0 unspecified atom stereocenters.